The summed E-state index contributed by atoms with van der Waals surface area (Å²) < 4.78 is 6.09. The highest BCUT2D eigenvalue weighted by Crippen LogP contribution is 2.30. The molecule has 0 unspecified atom stereocenters. The molecular formula is C10H5NO3S. The molecule has 4 nitrogen and oxygen atoms in total. The molecule has 0 bridgehead atoms. The Hall–Kier alpha value is -1.88. The topological polar surface area (TPSA) is 63.3 Å². The van der Waals surface area contributed by atoms with Crippen LogP contribution in [0.4, 0.5) is 0 Å². The number of nitrogens with zero attached hydrogens (tertiary/aromatic N) is 1. The van der Waals surface area contributed by atoms with Gasteiger partial charge in [-0.2, -0.15) is 0 Å². The molecule has 74 valence electrons. The fourth-order valence-corrected chi connectivity index (χ4v) is 2.33. The first-order valence-corrected chi connectivity index (χ1v) is 5.12. The summed E-state index contributed by atoms with van der Waals surface area (Å²) in [6.45, 7) is 0. The lowest BCUT2D eigenvalue weighted by Crippen LogP contribution is -1.96. The van der Waals surface area contributed by atoms with Crippen LogP contribution in [-0.4, -0.2) is 16.1 Å². The van der Waals surface area contributed by atoms with Gasteiger partial charge >= 0.3 is 5.97 Å². The lowest BCUT2D eigenvalue weighted by atomic mass is 10.1. The average molecular weight is 219 g/mol. The highest BCUT2D eigenvalue weighted by molar-refractivity contribution is 7.16. The van der Waals surface area contributed by atoms with Crippen molar-refractivity contribution in [1.29, 1.82) is 0 Å². The molecule has 0 fully saturated rings. The van der Waals surface area contributed by atoms with Gasteiger partial charge in [-0.3, -0.25) is 0 Å². The maximum absolute atomic E-state index is 11.0. The van der Waals surface area contributed by atoms with E-state index in [9.17, 15) is 4.79 Å². The molecule has 1 N–H and O–H groups in total. The number of thiazole rings is 1. The van der Waals surface area contributed by atoms with Crippen LogP contribution < -0.4 is 0 Å². The van der Waals surface area contributed by atoms with Crippen LogP contribution >= 0.6 is 11.3 Å². The van der Waals surface area contributed by atoms with E-state index < -0.39 is 5.97 Å². The van der Waals surface area contributed by atoms with E-state index in [2.05, 4.69) is 4.98 Å². The van der Waals surface area contributed by atoms with Crippen LogP contribution in [0.15, 0.2) is 28.3 Å². The van der Waals surface area contributed by atoms with Crippen LogP contribution in [-0.2, 0) is 0 Å². The molecule has 2 heterocycles. The predicted molar refractivity (Wildman–Crippen MR) is 56.4 cm³/mol. The van der Waals surface area contributed by atoms with Gasteiger partial charge in [0, 0.05) is 5.39 Å². The second-order valence-corrected chi connectivity index (χ2v) is 3.98. The quantitative estimate of drug-likeness (QED) is 0.683. The molecule has 0 saturated heterocycles. The average Bonchev–Trinajstić information content (AvgIpc) is 2.83. The zero-order valence-corrected chi connectivity index (χ0v) is 8.25. The smallest absolute Gasteiger partial charge is 0.336 e. The molecular weight excluding hydrogens is 214 g/mol. The summed E-state index contributed by atoms with van der Waals surface area (Å²) in [4.78, 5) is 15.2. The van der Waals surface area contributed by atoms with E-state index in [0.717, 1.165) is 10.2 Å². The van der Waals surface area contributed by atoms with E-state index in [-0.39, 0.29) is 5.56 Å². The molecule has 3 rings (SSSR count). The summed E-state index contributed by atoms with van der Waals surface area (Å²) in [7, 11) is 0. The Balaban J connectivity index is 2.59. The fourth-order valence-electron chi connectivity index (χ4n) is 1.62. The number of benzene rings is 1. The number of rotatable bonds is 1. The van der Waals surface area contributed by atoms with E-state index >= 15 is 0 Å². The lowest BCUT2D eigenvalue weighted by molar-refractivity contribution is 0.0699. The van der Waals surface area contributed by atoms with Gasteiger partial charge in [-0.1, -0.05) is 0 Å². The predicted octanol–water partition coefficient (Wildman–Crippen LogP) is 2.74. The summed E-state index contributed by atoms with van der Waals surface area (Å²) >= 11 is 1.40. The highest BCUT2D eigenvalue weighted by atomic mass is 32.1. The van der Waals surface area contributed by atoms with Crippen molar-refractivity contribution in [2.24, 2.45) is 0 Å². The summed E-state index contributed by atoms with van der Waals surface area (Å²) in [6.07, 6.45) is 1.48. The largest absolute Gasteiger partial charge is 0.478 e. The summed E-state index contributed by atoms with van der Waals surface area (Å²) in [5, 5.41) is 9.64. The third-order valence-electron chi connectivity index (χ3n) is 2.27. The van der Waals surface area contributed by atoms with Gasteiger partial charge in [-0.25, -0.2) is 9.78 Å². The first-order valence-electron chi connectivity index (χ1n) is 4.24. The van der Waals surface area contributed by atoms with Crippen molar-refractivity contribution >= 4 is 38.5 Å². The van der Waals surface area contributed by atoms with E-state index in [1.807, 2.05) is 0 Å². The van der Waals surface area contributed by atoms with Crippen LogP contribution in [0.25, 0.3) is 21.2 Å². The number of aromatic carboxylic acids is 1. The molecule has 0 saturated carbocycles. The first-order chi connectivity index (χ1) is 7.27. The number of furan rings is 1. The van der Waals surface area contributed by atoms with Crippen LogP contribution in [0.1, 0.15) is 10.4 Å². The zero-order chi connectivity index (χ0) is 10.4. The zero-order valence-electron chi connectivity index (χ0n) is 7.43. The van der Waals surface area contributed by atoms with Gasteiger partial charge < -0.3 is 9.52 Å². The van der Waals surface area contributed by atoms with Crippen molar-refractivity contribution in [3.8, 4) is 0 Å². The molecule has 2 aromatic heterocycles. The third-order valence-corrected chi connectivity index (χ3v) is 3.05. The number of hydrogen-bond acceptors (Lipinski definition) is 4. The van der Waals surface area contributed by atoms with Crippen molar-refractivity contribution in [3.63, 3.8) is 0 Å². The molecule has 0 aliphatic heterocycles. The molecule has 0 aliphatic carbocycles. The van der Waals surface area contributed by atoms with Crippen LogP contribution in [0.3, 0.4) is 0 Å². The Morgan fingerprint density at radius 3 is 3.20 bits per heavy atom. The molecule has 15 heavy (non-hydrogen) atoms. The maximum atomic E-state index is 11.0. The van der Waals surface area contributed by atoms with E-state index in [1.165, 1.54) is 17.6 Å². The fraction of sp³-hybridized carbons (Fsp3) is 0. The van der Waals surface area contributed by atoms with Gasteiger partial charge in [0.25, 0.3) is 0 Å². The molecule has 0 amide bonds. The van der Waals surface area contributed by atoms with Gasteiger partial charge in [-0.05, 0) is 12.1 Å². The monoisotopic (exact) mass is 219 g/mol. The lowest BCUT2D eigenvalue weighted by Gasteiger charge is -1.96. The normalized spacial score (nSPS) is 11.2. The van der Waals surface area contributed by atoms with Gasteiger partial charge in [0.2, 0.25) is 0 Å². The minimum absolute atomic E-state index is 0.260. The Kier molecular flexibility index (Phi) is 1.58. The van der Waals surface area contributed by atoms with Crippen molar-refractivity contribution in [1.82, 2.24) is 4.98 Å². The Morgan fingerprint density at radius 2 is 2.40 bits per heavy atom. The van der Waals surface area contributed by atoms with Crippen LogP contribution in [0.5, 0.6) is 0 Å². The van der Waals surface area contributed by atoms with Gasteiger partial charge in [-0.15, -0.1) is 11.3 Å². The van der Waals surface area contributed by atoms with Gasteiger partial charge in [0.05, 0.1) is 22.0 Å². The number of carboxylic acid groups (broad SMARTS) is 1. The van der Waals surface area contributed by atoms with Gasteiger partial charge in [0.15, 0.2) is 5.58 Å². The molecule has 0 atom stereocenters. The summed E-state index contributed by atoms with van der Waals surface area (Å²) in [5.41, 5.74) is 3.21. The van der Waals surface area contributed by atoms with Crippen LogP contribution in [0.2, 0.25) is 0 Å². The number of hydrogen-bond donors (Lipinski definition) is 1. The maximum Gasteiger partial charge on any atom is 0.336 e. The Morgan fingerprint density at radius 1 is 1.53 bits per heavy atom. The second kappa shape index (κ2) is 2.80. The van der Waals surface area contributed by atoms with Crippen molar-refractivity contribution in [2.45, 2.75) is 0 Å². The van der Waals surface area contributed by atoms with Crippen molar-refractivity contribution in [2.75, 3.05) is 0 Å². The molecule has 1 aromatic carbocycles. The number of carboxylic acids is 1. The first kappa shape index (κ1) is 8.43. The minimum Gasteiger partial charge on any atom is -0.478 e. The van der Waals surface area contributed by atoms with E-state index in [1.54, 1.807) is 17.6 Å². The van der Waals surface area contributed by atoms with E-state index in [0.29, 0.717) is 11.0 Å². The summed E-state index contributed by atoms with van der Waals surface area (Å²) in [5.74, 6) is -0.948. The minimum atomic E-state index is -0.948. The van der Waals surface area contributed by atoms with Crippen LogP contribution in [0, 0.1) is 0 Å². The number of carbonyl (C=O) groups is 1. The third kappa shape index (κ3) is 1.07. The highest BCUT2D eigenvalue weighted by Gasteiger charge is 2.15. The molecule has 0 aliphatic rings. The number of aromatic nitrogens is 1. The Bertz CT molecular complexity index is 667. The molecule has 5 heteroatoms. The molecule has 0 radical (unpaired) electrons. The van der Waals surface area contributed by atoms with Gasteiger partial charge in [0.1, 0.15) is 5.52 Å². The van der Waals surface area contributed by atoms with Crippen molar-refractivity contribution in [3.05, 3.63) is 29.5 Å². The van der Waals surface area contributed by atoms with E-state index in [4.69, 9.17) is 9.52 Å². The SMILES string of the molecule is O=C(O)c1cc2scnc2c2occc12. The molecule has 0 spiro atoms. The Labute approximate surface area is 87.8 Å². The second-order valence-electron chi connectivity index (χ2n) is 3.09. The molecule has 3 aromatic rings. The summed E-state index contributed by atoms with van der Waals surface area (Å²) in [6, 6.07) is 3.28. The van der Waals surface area contributed by atoms with Crippen molar-refractivity contribution < 1.29 is 14.3 Å². The standard InChI is InChI=1S/C10H5NO3S/c12-10(13)6-3-7-8(11-4-15-7)9-5(6)1-2-14-9/h1-4H,(H,12,13). The number of fused-ring (bicyclic) bond motifs is 3.